The summed E-state index contributed by atoms with van der Waals surface area (Å²) in [5.41, 5.74) is 1.03. The van der Waals surface area contributed by atoms with Crippen LogP contribution in [0.15, 0.2) is 55.1 Å². The number of allylic oxidation sites excluding steroid dienone is 2. The fourth-order valence-corrected chi connectivity index (χ4v) is 6.71. The van der Waals surface area contributed by atoms with E-state index in [1.165, 1.54) is 6.08 Å². The fraction of sp³-hybridized carbons (Fsp3) is 0.552. The van der Waals surface area contributed by atoms with Crippen molar-refractivity contribution in [2.24, 2.45) is 22.7 Å². The van der Waals surface area contributed by atoms with Gasteiger partial charge in [0.15, 0.2) is 0 Å². The minimum absolute atomic E-state index is 0.00944. The van der Waals surface area contributed by atoms with Crippen LogP contribution in [0, 0.1) is 22.7 Å². The maximum atomic E-state index is 12.5. The Kier molecular flexibility index (Phi) is 7.58. The number of rotatable bonds is 8. The number of phenols is 1. The third-order valence-electron chi connectivity index (χ3n) is 8.48. The smallest absolute Gasteiger partial charge is 0.330 e. The van der Waals surface area contributed by atoms with Crippen LogP contribution in [0.2, 0.25) is 0 Å². The highest BCUT2D eigenvalue weighted by atomic mass is 16.5. The van der Waals surface area contributed by atoms with E-state index in [1.807, 2.05) is 13.0 Å². The Balaban J connectivity index is 1.71. The number of hydrogen-bond acceptors (Lipinski definition) is 4. The highest BCUT2D eigenvalue weighted by Gasteiger charge is 2.59. The van der Waals surface area contributed by atoms with Crippen LogP contribution in [0.3, 0.4) is 0 Å². The summed E-state index contributed by atoms with van der Waals surface area (Å²) in [6.07, 6.45) is 11.6. The number of carbonyl (C=O) groups excluding carboxylic acids is 1. The van der Waals surface area contributed by atoms with Crippen molar-refractivity contribution in [3.63, 3.8) is 0 Å². The third-order valence-corrected chi connectivity index (χ3v) is 8.48. The lowest BCUT2D eigenvalue weighted by Crippen LogP contribution is -2.59. The van der Waals surface area contributed by atoms with Gasteiger partial charge in [-0.2, -0.15) is 0 Å². The molecule has 2 saturated carbocycles. The lowest BCUT2D eigenvalue weighted by atomic mass is 9.45. The predicted octanol–water partition coefficient (Wildman–Crippen LogP) is 6.44. The first-order valence-corrected chi connectivity index (χ1v) is 12.2. The molecule has 4 heteroatoms. The van der Waals surface area contributed by atoms with E-state index >= 15 is 0 Å². The van der Waals surface area contributed by atoms with Crippen molar-refractivity contribution in [1.29, 1.82) is 0 Å². The van der Waals surface area contributed by atoms with E-state index in [1.54, 1.807) is 30.3 Å². The maximum absolute atomic E-state index is 12.5. The minimum Gasteiger partial charge on any atom is -0.508 e. The topological polar surface area (TPSA) is 66.8 Å². The Morgan fingerprint density at radius 3 is 2.55 bits per heavy atom. The molecule has 4 nitrogen and oxygen atoms in total. The maximum Gasteiger partial charge on any atom is 0.330 e. The Morgan fingerprint density at radius 1 is 1.18 bits per heavy atom. The molecule has 1 aromatic rings. The van der Waals surface area contributed by atoms with E-state index in [0.717, 1.165) is 56.1 Å². The average molecular weight is 453 g/mol. The minimum atomic E-state index is -0.700. The molecule has 2 aliphatic rings. The second-order valence-electron chi connectivity index (χ2n) is 10.9. The quantitative estimate of drug-likeness (QED) is 0.270. The van der Waals surface area contributed by atoms with Gasteiger partial charge in [0, 0.05) is 11.5 Å². The van der Waals surface area contributed by atoms with E-state index in [4.69, 9.17) is 4.74 Å². The molecule has 2 fully saturated rings. The van der Waals surface area contributed by atoms with E-state index in [2.05, 4.69) is 27.0 Å². The summed E-state index contributed by atoms with van der Waals surface area (Å²) in [7, 11) is 0. The van der Waals surface area contributed by atoms with Crippen LogP contribution in [-0.4, -0.2) is 28.4 Å². The van der Waals surface area contributed by atoms with Crippen molar-refractivity contribution >= 4 is 12.0 Å². The van der Waals surface area contributed by atoms with Gasteiger partial charge in [-0.05, 0) is 86.5 Å². The largest absolute Gasteiger partial charge is 0.508 e. The molecule has 5 atom stereocenters. The summed E-state index contributed by atoms with van der Waals surface area (Å²) < 4.78 is 5.76. The summed E-state index contributed by atoms with van der Waals surface area (Å²) in [6, 6.07) is 6.69. The van der Waals surface area contributed by atoms with Gasteiger partial charge < -0.3 is 14.9 Å². The van der Waals surface area contributed by atoms with Crippen molar-refractivity contribution in [3.05, 3.63) is 60.7 Å². The first kappa shape index (κ1) is 25.3. The van der Waals surface area contributed by atoms with Crippen LogP contribution >= 0.6 is 0 Å². The van der Waals surface area contributed by atoms with Crippen LogP contribution < -0.4 is 0 Å². The number of ether oxygens (including phenoxy) is 1. The first-order chi connectivity index (χ1) is 15.5. The van der Waals surface area contributed by atoms with Crippen LogP contribution in [0.4, 0.5) is 0 Å². The zero-order valence-electron chi connectivity index (χ0n) is 20.5. The van der Waals surface area contributed by atoms with Gasteiger partial charge in [0.1, 0.15) is 5.75 Å². The van der Waals surface area contributed by atoms with Gasteiger partial charge in [-0.15, -0.1) is 0 Å². The number of esters is 1. The van der Waals surface area contributed by atoms with Crippen molar-refractivity contribution in [1.82, 2.24) is 0 Å². The lowest BCUT2D eigenvalue weighted by molar-refractivity contribution is -0.185. The zero-order chi connectivity index (χ0) is 24.3. The van der Waals surface area contributed by atoms with Gasteiger partial charge in [-0.1, -0.05) is 57.2 Å². The van der Waals surface area contributed by atoms with Crippen LogP contribution in [0.5, 0.6) is 5.75 Å². The van der Waals surface area contributed by atoms with Gasteiger partial charge in [0.2, 0.25) is 0 Å². The molecule has 2 N–H and O–H groups in total. The number of phenolic OH excluding ortho intramolecular Hbond substituents is 1. The average Bonchev–Trinajstić information content (AvgIpc) is 2.76. The number of benzene rings is 1. The third kappa shape index (κ3) is 5.60. The van der Waals surface area contributed by atoms with Gasteiger partial charge in [-0.25, -0.2) is 4.79 Å². The molecule has 0 heterocycles. The molecule has 1 aromatic carbocycles. The van der Waals surface area contributed by atoms with Crippen molar-refractivity contribution in [2.75, 3.05) is 6.61 Å². The number of aliphatic hydroxyl groups is 1. The van der Waals surface area contributed by atoms with Crippen LogP contribution in [0.25, 0.3) is 6.08 Å². The molecule has 3 rings (SSSR count). The molecule has 0 bridgehead atoms. The summed E-state index contributed by atoms with van der Waals surface area (Å²) in [5.74, 6) is 0.403. The van der Waals surface area contributed by atoms with Crippen molar-refractivity contribution in [3.8, 4) is 5.75 Å². The monoisotopic (exact) mass is 452 g/mol. The fourth-order valence-electron chi connectivity index (χ4n) is 6.71. The van der Waals surface area contributed by atoms with Crippen LogP contribution in [0.1, 0.15) is 71.3 Å². The van der Waals surface area contributed by atoms with Gasteiger partial charge in [0.25, 0.3) is 0 Å². The van der Waals surface area contributed by atoms with Crippen molar-refractivity contribution < 1.29 is 19.7 Å². The second kappa shape index (κ2) is 9.89. The summed E-state index contributed by atoms with van der Waals surface area (Å²) >= 11 is 0. The normalized spacial score (nSPS) is 33.9. The molecule has 0 aromatic heterocycles. The standard InChI is InChI=1S/C29H40O4/c1-6-21(2)8-14-25-28(4)18-7-17-27(3,24(28)16-19-29(25,5)32)20-33-26(31)15-11-22-9-12-23(30)13-10-22/h6,9-13,15,24-25,30,32H,1-2,7-8,14,16-20H2,3-5H3/b15-11-/t24-,25+,27+,28-,29+/m0/s1. The molecular formula is C29H40O4. The Hall–Kier alpha value is -2.33. The number of fused-ring (bicyclic) bond motifs is 1. The molecule has 2 aliphatic carbocycles. The van der Waals surface area contributed by atoms with E-state index in [9.17, 15) is 15.0 Å². The number of carbonyl (C=O) groups is 1. The number of aromatic hydroxyl groups is 1. The molecule has 180 valence electrons. The van der Waals surface area contributed by atoms with E-state index in [-0.39, 0.29) is 28.5 Å². The van der Waals surface area contributed by atoms with Gasteiger partial charge in [0.05, 0.1) is 12.2 Å². The highest BCUT2D eigenvalue weighted by molar-refractivity contribution is 5.87. The zero-order valence-corrected chi connectivity index (χ0v) is 20.5. The molecule has 0 unspecified atom stereocenters. The Morgan fingerprint density at radius 2 is 1.88 bits per heavy atom. The lowest BCUT2D eigenvalue weighted by Gasteiger charge is -2.61. The molecule has 0 amide bonds. The van der Waals surface area contributed by atoms with E-state index in [0.29, 0.717) is 12.5 Å². The van der Waals surface area contributed by atoms with Crippen molar-refractivity contribution in [2.45, 2.75) is 71.3 Å². The first-order valence-electron chi connectivity index (χ1n) is 12.2. The SMILES string of the molecule is C=CC(=C)CC[C@@H]1[C@@]2(C)CCC[C@](C)(COC(=O)/C=C\c3ccc(O)cc3)[C@@H]2CC[C@@]1(C)O. The molecule has 0 saturated heterocycles. The summed E-state index contributed by atoms with van der Waals surface area (Å²) in [6.45, 7) is 14.9. The second-order valence-corrected chi connectivity index (χ2v) is 10.9. The Bertz CT molecular complexity index is 897. The van der Waals surface area contributed by atoms with Crippen LogP contribution in [-0.2, 0) is 9.53 Å². The molecular weight excluding hydrogens is 412 g/mol. The summed E-state index contributed by atoms with van der Waals surface area (Å²) in [4.78, 5) is 12.5. The molecule has 0 radical (unpaired) electrons. The van der Waals surface area contributed by atoms with Gasteiger partial charge in [-0.3, -0.25) is 0 Å². The van der Waals surface area contributed by atoms with E-state index < -0.39 is 5.60 Å². The predicted molar refractivity (Wildman–Crippen MR) is 134 cm³/mol. The van der Waals surface area contributed by atoms with Gasteiger partial charge >= 0.3 is 5.97 Å². The Labute approximate surface area is 199 Å². The molecule has 33 heavy (non-hydrogen) atoms. The molecule has 0 aliphatic heterocycles. The molecule has 0 spiro atoms. The highest BCUT2D eigenvalue weighted by Crippen LogP contribution is 2.63. The number of hydrogen-bond donors (Lipinski definition) is 2. The summed E-state index contributed by atoms with van der Waals surface area (Å²) in [5, 5.41) is 20.7.